The zero-order chi connectivity index (χ0) is 17.1. The number of hydrogen-bond acceptors (Lipinski definition) is 6. The minimum absolute atomic E-state index is 0. The maximum Gasteiger partial charge on any atom is 3.00 e. The molecule has 10 heteroatoms. The molecule has 2 aliphatic heterocycles. The van der Waals surface area contributed by atoms with Crippen LogP contribution in [0.2, 0.25) is 0 Å². The number of aromatic nitrogens is 1. The molecule has 25 heavy (non-hydrogen) atoms. The Kier molecular flexibility index (Phi) is 7.33. The number of cyclic esters (lactones) is 1. The third-order valence-electron chi connectivity index (χ3n) is 4.07. The number of thiazole rings is 1. The number of rotatable bonds is 5. The first-order valence-corrected chi connectivity index (χ1v) is 8.77. The molecular formula is C15H19N4O4SY+2. The average molecular weight is 440 g/mol. The van der Waals surface area contributed by atoms with E-state index in [-0.39, 0.29) is 38.6 Å². The van der Waals surface area contributed by atoms with Crippen LogP contribution in [0.3, 0.4) is 0 Å². The fourth-order valence-electron chi connectivity index (χ4n) is 2.80. The first-order valence-electron chi connectivity index (χ1n) is 7.83. The van der Waals surface area contributed by atoms with Crippen molar-refractivity contribution in [2.45, 2.75) is 44.4 Å². The molecule has 3 unspecified atom stereocenters. The second kappa shape index (κ2) is 9.05. The van der Waals surface area contributed by atoms with Gasteiger partial charge in [-0.15, -0.1) is 11.3 Å². The summed E-state index contributed by atoms with van der Waals surface area (Å²) in [6, 6.07) is -1.52. The molecule has 0 aromatic carbocycles. The minimum atomic E-state index is -0.800. The van der Waals surface area contributed by atoms with Crippen molar-refractivity contribution in [1.82, 2.24) is 20.5 Å². The quantitative estimate of drug-likeness (QED) is 0.648. The number of hydrogen-bond donors (Lipinski definition) is 2. The predicted octanol–water partition coefficient (Wildman–Crippen LogP) is 0.449. The summed E-state index contributed by atoms with van der Waals surface area (Å²) in [5.74, 6) is -0.590. The first-order chi connectivity index (χ1) is 11.5. The fraction of sp³-hybridized carbons (Fsp3) is 0.533. The number of carbonyl (C=O) groups excluding carboxylic acids is 3. The van der Waals surface area contributed by atoms with Gasteiger partial charge < -0.3 is 20.3 Å². The SMILES string of the molecule is CC1OC(=O)NC1C(=O)NC(Cc1cscn1)C(=O)N1[CH-]CCC1.[Y+3]. The van der Waals surface area contributed by atoms with Crippen LogP contribution < -0.4 is 10.6 Å². The molecule has 3 atom stereocenters. The molecule has 0 bridgehead atoms. The first kappa shape index (κ1) is 20.3. The average Bonchev–Trinajstić information content (AvgIpc) is 3.27. The Hall–Kier alpha value is -1.06. The molecule has 0 aliphatic carbocycles. The molecule has 0 radical (unpaired) electrons. The summed E-state index contributed by atoms with van der Waals surface area (Å²) in [4.78, 5) is 42.2. The van der Waals surface area contributed by atoms with Crippen molar-refractivity contribution in [3.8, 4) is 0 Å². The van der Waals surface area contributed by atoms with Gasteiger partial charge in [0, 0.05) is 11.8 Å². The minimum Gasteiger partial charge on any atom is -0.491 e. The van der Waals surface area contributed by atoms with E-state index in [4.69, 9.17) is 4.74 Å². The van der Waals surface area contributed by atoms with E-state index >= 15 is 0 Å². The molecule has 2 N–H and O–H groups in total. The number of amides is 3. The number of carbonyl (C=O) groups is 3. The summed E-state index contributed by atoms with van der Waals surface area (Å²) in [6.45, 7) is 4.14. The molecule has 3 heterocycles. The Balaban J connectivity index is 0.00000225. The van der Waals surface area contributed by atoms with Gasteiger partial charge in [-0.25, -0.2) is 16.3 Å². The van der Waals surface area contributed by atoms with Crippen molar-refractivity contribution in [2.24, 2.45) is 0 Å². The summed E-state index contributed by atoms with van der Waals surface area (Å²) >= 11 is 1.44. The number of nitrogens with one attached hydrogen (secondary N) is 2. The van der Waals surface area contributed by atoms with Crippen LogP contribution in [0, 0.1) is 6.54 Å². The van der Waals surface area contributed by atoms with Gasteiger partial charge in [0.25, 0.3) is 0 Å². The maximum absolute atomic E-state index is 12.7. The van der Waals surface area contributed by atoms with E-state index in [0.717, 1.165) is 18.5 Å². The van der Waals surface area contributed by atoms with Gasteiger partial charge in [-0.05, 0) is 13.5 Å². The Morgan fingerprint density at radius 3 is 2.96 bits per heavy atom. The van der Waals surface area contributed by atoms with E-state index in [1.165, 1.54) is 11.3 Å². The number of nitrogens with zero attached hydrogens (tertiary/aromatic N) is 2. The zero-order valence-corrected chi connectivity index (χ0v) is 17.5. The van der Waals surface area contributed by atoms with Crippen molar-refractivity contribution in [1.29, 1.82) is 0 Å². The summed E-state index contributed by atoms with van der Waals surface area (Å²) < 4.78 is 4.92. The molecule has 3 amide bonds. The summed E-state index contributed by atoms with van der Waals surface area (Å²) in [5, 5.41) is 7.05. The molecule has 2 saturated heterocycles. The van der Waals surface area contributed by atoms with E-state index < -0.39 is 30.2 Å². The van der Waals surface area contributed by atoms with Gasteiger partial charge >= 0.3 is 38.8 Å². The van der Waals surface area contributed by atoms with Gasteiger partial charge in [0.2, 0.25) is 11.8 Å². The maximum atomic E-state index is 12.7. The van der Waals surface area contributed by atoms with Crippen molar-refractivity contribution < 1.29 is 51.8 Å². The number of likely N-dealkylation sites (tertiary alicyclic amines) is 1. The summed E-state index contributed by atoms with van der Waals surface area (Å²) in [6.07, 6.45) is 0.886. The van der Waals surface area contributed by atoms with Crippen LogP contribution in [0.5, 0.6) is 0 Å². The molecule has 0 saturated carbocycles. The Labute approximate surface area is 175 Å². The summed E-state index contributed by atoms with van der Waals surface area (Å²) in [7, 11) is 0. The molecule has 1 aromatic heterocycles. The second-order valence-corrected chi connectivity index (χ2v) is 6.55. The molecule has 2 fully saturated rings. The van der Waals surface area contributed by atoms with Crippen LogP contribution in [-0.2, 0) is 53.5 Å². The van der Waals surface area contributed by atoms with Crippen LogP contribution in [0.4, 0.5) is 4.79 Å². The molecule has 1 aromatic rings. The van der Waals surface area contributed by atoms with Gasteiger partial charge in [0.05, 0.1) is 11.2 Å². The van der Waals surface area contributed by atoms with Crippen LogP contribution in [0.25, 0.3) is 0 Å². The van der Waals surface area contributed by atoms with Crippen molar-refractivity contribution in [3.63, 3.8) is 0 Å². The molecular weight excluding hydrogens is 421 g/mol. The number of alkyl carbamates (subject to hydrolysis) is 1. The van der Waals surface area contributed by atoms with Gasteiger partial charge in [-0.1, -0.05) is 6.42 Å². The van der Waals surface area contributed by atoms with E-state index in [1.807, 2.05) is 11.9 Å². The summed E-state index contributed by atoms with van der Waals surface area (Å²) in [5.41, 5.74) is 2.44. The smallest absolute Gasteiger partial charge is 0.491 e. The van der Waals surface area contributed by atoms with E-state index in [1.54, 1.807) is 17.3 Å². The topological polar surface area (TPSA) is 101 Å². The molecule has 130 valence electrons. The van der Waals surface area contributed by atoms with E-state index in [9.17, 15) is 14.4 Å². The van der Waals surface area contributed by atoms with Crippen LogP contribution >= 0.6 is 11.3 Å². The molecule has 3 rings (SSSR count). The normalized spacial score (nSPS) is 23.4. The predicted molar refractivity (Wildman–Crippen MR) is 85.9 cm³/mol. The second-order valence-electron chi connectivity index (χ2n) is 5.83. The fourth-order valence-corrected chi connectivity index (χ4v) is 3.37. The number of ether oxygens (including phenoxy) is 1. The zero-order valence-electron chi connectivity index (χ0n) is 13.8. The van der Waals surface area contributed by atoms with Crippen molar-refractivity contribution in [2.75, 3.05) is 6.54 Å². The Morgan fingerprint density at radius 1 is 1.60 bits per heavy atom. The monoisotopic (exact) mass is 440 g/mol. The van der Waals surface area contributed by atoms with Crippen LogP contribution in [0.15, 0.2) is 10.9 Å². The third kappa shape index (κ3) is 4.98. The molecule has 8 nitrogen and oxygen atoms in total. The third-order valence-corrected chi connectivity index (χ3v) is 4.70. The van der Waals surface area contributed by atoms with Gasteiger partial charge in [-0.3, -0.25) is 9.59 Å². The van der Waals surface area contributed by atoms with Gasteiger partial charge in [0.15, 0.2) is 0 Å². The molecule has 0 spiro atoms. The standard InChI is InChI=1S/C15H19N4O4S.Y/c1-9-12(18-15(22)23-9)13(20)17-11(6-10-7-24-8-16-10)14(21)19-4-2-3-5-19;/h4,7-9,11-12H,2-3,5-6H2,1H3,(H,17,20)(H,18,22);/q-1;+3. The molecule has 2 aliphatic rings. The van der Waals surface area contributed by atoms with Crippen LogP contribution in [0.1, 0.15) is 25.5 Å². The van der Waals surface area contributed by atoms with E-state index in [2.05, 4.69) is 15.6 Å². The Bertz CT molecular complexity index is 621. The van der Waals surface area contributed by atoms with Crippen LogP contribution in [-0.4, -0.2) is 52.5 Å². The van der Waals surface area contributed by atoms with Gasteiger partial charge in [-0.2, -0.15) is 6.42 Å². The van der Waals surface area contributed by atoms with Gasteiger partial charge in [0.1, 0.15) is 18.2 Å². The van der Waals surface area contributed by atoms with Crippen molar-refractivity contribution in [3.05, 3.63) is 23.1 Å². The van der Waals surface area contributed by atoms with Crippen molar-refractivity contribution >= 4 is 29.2 Å². The largest absolute Gasteiger partial charge is 3.00 e. The van der Waals surface area contributed by atoms with E-state index in [0.29, 0.717) is 13.0 Å². The Morgan fingerprint density at radius 2 is 2.40 bits per heavy atom.